The lowest BCUT2D eigenvalue weighted by atomic mass is 10.1. The fourth-order valence-corrected chi connectivity index (χ4v) is 3.92. The summed E-state index contributed by atoms with van der Waals surface area (Å²) in [6, 6.07) is 8.97. The van der Waals surface area contributed by atoms with Gasteiger partial charge in [0.2, 0.25) is 5.91 Å². The summed E-state index contributed by atoms with van der Waals surface area (Å²) >= 11 is 0. The summed E-state index contributed by atoms with van der Waals surface area (Å²) in [4.78, 5) is 16.6. The van der Waals surface area contributed by atoms with E-state index in [9.17, 15) is 9.90 Å². The Hall–Kier alpha value is -2.25. The third-order valence-corrected chi connectivity index (χ3v) is 5.20. The second-order valence-corrected chi connectivity index (χ2v) is 6.92. The molecule has 1 atom stereocenters. The van der Waals surface area contributed by atoms with Gasteiger partial charge in [-0.25, -0.2) is 4.68 Å². The van der Waals surface area contributed by atoms with Gasteiger partial charge in [0.25, 0.3) is 0 Å². The monoisotopic (exact) mass is 341 g/mol. The van der Waals surface area contributed by atoms with Crippen LogP contribution in [0.1, 0.15) is 11.1 Å². The third kappa shape index (κ3) is 3.57. The number of carbonyl (C=O) groups excluding carboxylic acids is 1. The highest BCUT2D eigenvalue weighted by atomic mass is 16.3. The summed E-state index contributed by atoms with van der Waals surface area (Å²) in [5, 5.41) is 18.0. The lowest BCUT2D eigenvalue weighted by molar-refractivity contribution is -0.133. The predicted octanol–water partition coefficient (Wildman–Crippen LogP) is -0.0494. The van der Waals surface area contributed by atoms with Gasteiger partial charge in [0.05, 0.1) is 12.3 Å². The van der Waals surface area contributed by atoms with Gasteiger partial charge in [0.1, 0.15) is 6.54 Å². The van der Waals surface area contributed by atoms with E-state index in [1.165, 1.54) is 15.8 Å². The second kappa shape index (κ2) is 6.93. The minimum absolute atomic E-state index is 0.0268. The first-order valence-electron chi connectivity index (χ1n) is 8.80. The van der Waals surface area contributed by atoms with Gasteiger partial charge in [-0.3, -0.25) is 9.69 Å². The summed E-state index contributed by atoms with van der Waals surface area (Å²) in [5.74, 6) is -0.0268. The number of amides is 1. The molecule has 1 aromatic heterocycles. The van der Waals surface area contributed by atoms with Gasteiger partial charge in [-0.15, -0.1) is 5.10 Å². The topological polar surface area (TPSA) is 74.5 Å². The predicted molar refractivity (Wildman–Crippen MR) is 91.8 cm³/mol. The van der Waals surface area contributed by atoms with Gasteiger partial charge < -0.3 is 10.0 Å². The number of aliphatic hydroxyl groups is 1. The van der Waals surface area contributed by atoms with Crippen molar-refractivity contribution in [2.45, 2.75) is 31.5 Å². The SMILES string of the molecule is O=C(Cn1ccnn1)N1CCN(C2Cc3ccccc3C2)CC(O)C1. The Kier molecular flexibility index (Phi) is 4.50. The van der Waals surface area contributed by atoms with E-state index < -0.39 is 6.10 Å². The van der Waals surface area contributed by atoms with Crippen LogP contribution in [0.2, 0.25) is 0 Å². The van der Waals surface area contributed by atoms with E-state index in [1.807, 2.05) is 0 Å². The molecule has 132 valence electrons. The van der Waals surface area contributed by atoms with Gasteiger partial charge in [-0.1, -0.05) is 29.5 Å². The molecule has 4 rings (SSSR count). The molecule has 1 fully saturated rings. The summed E-state index contributed by atoms with van der Waals surface area (Å²) in [5.41, 5.74) is 2.82. The third-order valence-electron chi connectivity index (χ3n) is 5.20. The van der Waals surface area contributed by atoms with Crippen molar-refractivity contribution in [3.8, 4) is 0 Å². The molecule has 25 heavy (non-hydrogen) atoms. The van der Waals surface area contributed by atoms with Crippen LogP contribution in [0.15, 0.2) is 36.7 Å². The zero-order chi connectivity index (χ0) is 17.2. The van der Waals surface area contributed by atoms with Crippen molar-refractivity contribution in [3.05, 3.63) is 47.8 Å². The molecular weight excluding hydrogens is 318 g/mol. The normalized spacial score (nSPS) is 22.0. The van der Waals surface area contributed by atoms with E-state index in [2.05, 4.69) is 39.5 Å². The zero-order valence-electron chi connectivity index (χ0n) is 14.2. The second-order valence-electron chi connectivity index (χ2n) is 6.92. The fraction of sp³-hybridized carbons (Fsp3) is 0.500. The molecule has 1 unspecified atom stereocenters. The van der Waals surface area contributed by atoms with E-state index in [1.54, 1.807) is 17.3 Å². The largest absolute Gasteiger partial charge is 0.390 e. The van der Waals surface area contributed by atoms with Crippen LogP contribution < -0.4 is 0 Å². The van der Waals surface area contributed by atoms with E-state index in [0.29, 0.717) is 25.7 Å². The number of rotatable bonds is 3. The van der Waals surface area contributed by atoms with Crippen LogP contribution in [-0.2, 0) is 24.2 Å². The smallest absolute Gasteiger partial charge is 0.244 e. The van der Waals surface area contributed by atoms with Crippen LogP contribution in [-0.4, -0.2) is 74.1 Å². The molecule has 1 aliphatic carbocycles. The number of carbonyl (C=O) groups is 1. The fourth-order valence-electron chi connectivity index (χ4n) is 3.92. The quantitative estimate of drug-likeness (QED) is 0.847. The minimum atomic E-state index is -0.522. The van der Waals surface area contributed by atoms with Crippen LogP contribution >= 0.6 is 0 Å². The Morgan fingerprint density at radius 2 is 1.92 bits per heavy atom. The molecule has 7 heteroatoms. The van der Waals surface area contributed by atoms with Crippen molar-refractivity contribution in [2.24, 2.45) is 0 Å². The molecule has 2 aromatic rings. The van der Waals surface area contributed by atoms with Crippen molar-refractivity contribution >= 4 is 5.91 Å². The number of hydrogen-bond acceptors (Lipinski definition) is 5. The molecule has 0 spiro atoms. The molecule has 1 amide bonds. The Morgan fingerprint density at radius 1 is 1.16 bits per heavy atom. The van der Waals surface area contributed by atoms with Crippen LogP contribution in [0, 0.1) is 0 Å². The molecule has 7 nitrogen and oxygen atoms in total. The van der Waals surface area contributed by atoms with Gasteiger partial charge >= 0.3 is 0 Å². The van der Waals surface area contributed by atoms with Gasteiger partial charge in [0.15, 0.2) is 0 Å². The maximum atomic E-state index is 12.5. The molecule has 1 N–H and O–H groups in total. The minimum Gasteiger partial charge on any atom is -0.390 e. The average molecular weight is 341 g/mol. The van der Waals surface area contributed by atoms with E-state index >= 15 is 0 Å². The molecule has 2 heterocycles. The highest BCUT2D eigenvalue weighted by molar-refractivity contribution is 5.76. The lowest BCUT2D eigenvalue weighted by Crippen LogP contribution is -2.41. The highest BCUT2D eigenvalue weighted by Crippen LogP contribution is 2.26. The van der Waals surface area contributed by atoms with Gasteiger partial charge in [-0.2, -0.15) is 0 Å². The van der Waals surface area contributed by atoms with Crippen LogP contribution in [0.4, 0.5) is 0 Å². The van der Waals surface area contributed by atoms with Crippen molar-refractivity contribution in [2.75, 3.05) is 26.2 Å². The number of aromatic nitrogens is 3. The molecule has 0 bridgehead atoms. The van der Waals surface area contributed by atoms with Crippen molar-refractivity contribution < 1.29 is 9.90 Å². The Labute approximate surface area is 146 Å². The van der Waals surface area contributed by atoms with E-state index in [0.717, 1.165) is 19.4 Å². The van der Waals surface area contributed by atoms with Gasteiger partial charge in [-0.05, 0) is 24.0 Å². The Balaban J connectivity index is 1.39. The molecule has 0 saturated carbocycles. The number of benzene rings is 1. The summed E-state index contributed by atoms with van der Waals surface area (Å²) in [6.07, 6.45) is 4.76. The van der Waals surface area contributed by atoms with E-state index in [-0.39, 0.29) is 12.5 Å². The molecule has 1 saturated heterocycles. The Morgan fingerprint density at radius 3 is 2.60 bits per heavy atom. The maximum absolute atomic E-state index is 12.5. The average Bonchev–Trinajstić information content (AvgIpc) is 3.22. The van der Waals surface area contributed by atoms with E-state index in [4.69, 9.17) is 0 Å². The number of β-amino-alcohol motifs (C(OH)–C–C–N with tert-alkyl or cyclic N) is 1. The van der Waals surface area contributed by atoms with Crippen molar-refractivity contribution in [3.63, 3.8) is 0 Å². The van der Waals surface area contributed by atoms with Crippen molar-refractivity contribution in [1.82, 2.24) is 24.8 Å². The maximum Gasteiger partial charge on any atom is 0.244 e. The van der Waals surface area contributed by atoms with Crippen LogP contribution in [0.3, 0.4) is 0 Å². The first-order chi connectivity index (χ1) is 12.2. The van der Waals surface area contributed by atoms with Crippen LogP contribution in [0.5, 0.6) is 0 Å². The summed E-state index contributed by atoms with van der Waals surface area (Å²) in [6.45, 7) is 2.59. The summed E-state index contributed by atoms with van der Waals surface area (Å²) in [7, 11) is 0. The van der Waals surface area contributed by atoms with Crippen LogP contribution in [0.25, 0.3) is 0 Å². The molecule has 2 aliphatic rings. The molecule has 0 radical (unpaired) electrons. The molecular formula is C18H23N5O2. The number of hydrogen-bond donors (Lipinski definition) is 1. The lowest BCUT2D eigenvalue weighted by Gasteiger charge is -2.28. The molecule has 1 aromatic carbocycles. The zero-order valence-corrected chi connectivity index (χ0v) is 14.2. The number of aliphatic hydroxyl groups excluding tert-OH is 1. The van der Waals surface area contributed by atoms with Crippen molar-refractivity contribution in [1.29, 1.82) is 0 Å². The Bertz CT molecular complexity index is 708. The summed E-state index contributed by atoms with van der Waals surface area (Å²) < 4.78 is 1.52. The standard InChI is InChI=1S/C18H23N5O2/c24-17-11-21(16-9-14-3-1-2-4-15(14)10-16)7-8-22(12-17)18(25)13-23-6-5-19-20-23/h1-6,16-17,24H,7-13H2. The number of fused-ring (bicyclic) bond motifs is 1. The molecule has 1 aliphatic heterocycles. The first-order valence-corrected chi connectivity index (χ1v) is 8.80. The first kappa shape index (κ1) is 16.2. The number of nitrogens with zero attached hydrogens (tertiary/aromatic N) is 5. The van der Waals surface area contributed by atoms with Gasteiger partial charge in [0, 0.05) is 38.4 Å². The highest BCUT2D eigenvalue weighted by Gasteiger charge is 2.31.